The number of nitrogens with zero attached hydrogens (tertiary/aromatic N) is 1. The third-order valence-electron chi connectivity index (χ3n) is 6.55. The molecule has 2 atom stereocenters. The van der Waals surface area contributed by atoms with Gasteiger partial charge in [-0.1, -0.05) is 54.6 Å². The Hall–Kier alpha value is -3.35. The van der Waals surface area contributed by atoms with Gasteiger partial charge in [0.15, 0.2) is 5.78 Å². The average Bonchev–Trinajstić information content (AvgIpc) is 2.93. The molecule has 0 aromatic heterocycles. The van der Waals surface area contributed by atoms with E-state index in [-0.39, 0.29) is 24.5 Å². The Labute approximate surface area is 213 Å². The molecule has 0 bridgehead atoms. The molecular weight excluding hydrogens is 454 g/mol. The van der Waals surface area contributed by atoms with Crippen molar-refractivity contribution in [1.29, 1.82) is 0 Å². The molecule has 0 unspecified atom stereocenters. The summed E-state index contributed by atoms with van der Waals surface area (Å²) in [6.07, 6.45) is 2.16. The third-order valence-corrected chi connectivity index (χ3v) is 6.55. The summed E-state index contributed by atoms with van der Waals surface area (Å²) >= 11 is 0. The smallest absolute Gasteiger partial charge is 0.160 e. The van der Waals surface area contributed by atoms with E-state index in [1.54, 1.807) is 14.2 Å². The van der Waals surface area contributed by atoms with Crippen LogP contribution in [0.15, 0.2) is 78.9 Å². The Balaban J connectivity index is 1.44. The molecule has 1 heterocycles. The number of benzene rings is 3. The molecule has 36 heavy (non-hydrogen) atoms. The molecule has 6 heteroatoms. The Morgan fingerprint density at radius 2 is 1.58 bits per heavy atom. The van der Waals surface area contributed by atoms with Crippen molar-refractivity contribution in [2.45, 2.75) is 44.6 Å². The van der Waals surface area contributed by atoms with E-state index in [0.29, 0.717) is 19.6 Å². The molecule has 6 nitrogen and oxygen atoms in total. The highest BCUT2D eigenvalue weighted by Crippen LogP contribution is 2.35. The van der Waals surface area contributed by atoms with E-state index in [1.807, 2.05) is 60.7 Å². The second-order valence-electron chi connectivity index (χ2n) is 8.99. The zero-order valence-electron chi connectivity index (χ0n) is 21.1. The van der Waals surface area contributed by atoms with Gasteiger partial charge in [0.1, 0.15) is 18.1 Å². The molecule has 190 valence electrons. The molecule has 1 aliphatic heterocycles. The number of anilines is 1. The molecule has 1 fully saturated rings. The van der Waals surface area contributed by atoms with Gasteiger partial charge in [0.2, 0.25) is 0 Å². The molecule has 0 aliphatic carbocycles. The third kappa shape index (κ3) is 6.86. The molecule has 0 saturated carbocycles. The van der Waals surface area contributed by atoms with E-state index in [9.17, 15) is 4.79 Å². The van der Waals surface area contributed by atoms with E-state index in [2.05, 4.69) is 23.1 Å². The van der Waals surface area contributed by atoms with Crippen LogP contribution in [-0.2, 0) is 27.5 Å². The van der Waals surface area contributed by atoms with Crippen LogP contribution in [0.25, 0.3) is 0 Å². The van der Waals surface area contributed by atoms with Crippen LogP contribution in [0.4, 0.5) is 5.69 Å². The topological polar surface area (TPSA) is 57.2 Å². The molecule has 3 aromatic carbocycles. The predicted molar refractivity (Wildman–Crippen MR) is 141 cm³/mol. The maximum Gasteiger partial charge on any atom is 0.160 e. The number of Topliss-reactive ketones (excluding diaryl/α,β-unsaturated/α-hetero) is 1. The monoisotopic (exact) mass is 489 g/mol. The number of carbonyl (C=O) groups is 1. The average molecular weight is 490 g/mol. The summed E-state index contributed by atoms with van der Waals surface area (Å²) in [6, 6.07) is 25.7. The van der Waals surface area contributed by atoms with Crippen molar-refractivity contribution < 1.29 is 23.7 Å². The lowest BCUT2D eigenvalue weighted by Gasteiger charge is -2.42. The van der Waals surface area contributed by atoms with Gasteiger partial charge in [0, 0.05) is 13.0 Å². The lowest BCUT2D eigenvalue weighted by atomic mass is 9.93. The van der Waals surface area contributed by atoms with Crippen molar-refractivity contribution in [2.24, 2.45) is 0 Å². The standard InChI is InChI=1S/C30H35NO5/c1-33-26-16-14-24(15-17-26)20-35-22-25(32)19-28-30(36-21-23-9-4-3-5-10-23)13-8-18-31(28)27-11-6-7-12-29(27)34-2/h3-7,9-12,14-17,28,30H,8,13,18-22H2,1-2H3/t28-,30+/m0/s1. The number of rotatable bonds is 12. The zero-order valence-corrected chi connectivity index (χ0v) is 21.1. The van der Waals surface area contributed by atoms with Gasteiger partial charge in [-0.05, 0) is 48.2 Å². The fourth-order valence-corrected chi connectivity index (χ4v) is 4.70. The van der Waals surface area contributed by atoms with Gasteiger partial charge in [-0.2, -0.15) is 0 Å². The van der Waals surface area contributed by atoms with Crippen molar-refractivity contribution >= 4 is 11.5 Å². The number of para-hydroxylation sites is 2. The lowest BCUT2D eigenvalue weighted by molar-refractivity contribution is -0.125. The quantitative estimate of drug-likeness (QED) is 0.338. The lowest BCUT2D eigenvalue weighted by Crippen LogP contribution is -2.50. The molecule has 4 rings (SSSR count). The second kappa shape index (κ2) is 13.1. The molecule has 0 N–H and O–H groups in total. The molecule has 0 spiro atoms. The van der Waals surface area contributed by atoms with Crippen LogP contribution in [-0.4, -0.2) is 45.3 Å². The zero-order chi connectivity index (χ0) is 25.2. The fraction of sp³-hybridized carbons (Fsp3) is 0.367. The minimum Gasteiger partial charge on any atom is -0.497 e. The van der Waals surface area contributed by atoms with E-state index in [4.69, 9.17) is 18.9 Å². The summed E-state index contributed by atoms with van der Waals surface area (Å²) in [5, 5.41) is 0. The van der Waals surface area contributed by atoms with Gasteiger partial charge < -0.3 is 23.8 Å². The van der Waals surface area contributed by atoms with Crippen molar-refractivity contribution in [1.82, 2.24) is 0 Å². The molecule has 0 radical (unpaired) electrons. The van der Waals surface area contributed by atoms with Gasteiger partial charge in [-0.25, -0.2) is 0 Å². The second-order valence-corrected chi connectivity index (χ2v) is 8.99. The summed E-state index contributed by atoms with van der Waals surface area (Å²) in [6.45, 7) is 1.80. The fourth-order valence-electron chi connectivity index (χ4n) is 4.70. The largest absolute Gasteiger partial charge is 0.497 e. The number of hydrogen-bond acceptors (Lipinski definition) is 6. The first-order valence-electron chi connectivity index (χ1n) is 12.5. The van der Waals surface area contributed by atoms with Gasteiger partial charge in [-0.15, -0.1) is 0 Å². The number of methoxy groups -OCH3 is 2. The van der Waals surface area contributed by atoms with E-state index >= 15 is 0 Å². The summed E-state index contributed by atoms with van der Waals surface area (Å²) in [4.78, 5) is 15.4. The summed E-state index contributed by atoms with van der Waals surface area (Å²) in [5.74, 6) is 1.66. The molecule has 1 aliphatic rings. The number of ether oxygens (including phenoxy) is 4. The normalized spacial score (nSPS) is 17.6. The summed E-state index contributed by atoms with van der Waals surface area (Å²) < 4.78 is 23.0. The Kier molecular flexibility index (Phi) is 9.36. The minimum absolute atomic E-state index is 0.0589. The van der Waals surface area contributed by atoms with Crippen LogP contribution in [0.2, 0.25) is 0 Å². The Morgan fingerprint density at radius 3 is 2.33 bits per heavy atom. The molecule has 0 amide bonds. The first kappa shape index (κ1) is 25.7. The van der Waals surface area contributed by atoms with Crippen LogP contribution in [0.3, 0.4) is 0 Å². The van der Waals surface area contributed by atoms with E-state index in [1.165, 1.54) is 0 Å². The minimum atomic E-state index is -0.101. The number of piperidine rings is 1. The number of hydrogen-bond donors (Lipinski definition) is 0. The van der Waals surface area contributed by atoms with Crippen LogP contribution >= 0.6 is 0 Å². The van der Waals surface area contributed by atoms with E-state index < -0.39 is 0 Å². The Bertz CT molecular complexity index is 1090. The van der Waals surface area contributed by atoms with Crippen LogP contribution in [0.1, 0.15) is 30.4 Å². The Morgan fingerprint density at radius 1 is 0.861 bits per heavy atom. The summed E-state index contributed by atoms with van der Waals surface area (Å²) in [5.41, 5.74) is 3.12. The molecule has 1 saturated heterocycles. The van der Waals surface area contributed by atoms with Crippen molar-refractivity contribution in [3.8, 4) is 11.5 Å². The first-order valence-corrected chi connectivity index (χ1v) is 12.5. The molecule has 3 aromatic rings. The van der Waals surface area contributed by atoms with Gasteiger partial charge in [-0.3, -0.25) is 4.79 Å². The highest BCUT2D eigenvalue weighted by Gasteiger charge is 2.35. The van der Waals surface area contributed by atoms with Crippen molar-refractivity contribution in [3.63, 3.8) is 0 Å². The highest BCUT2D eigenvalue weighted by molar-refractivity contribution is 5.81. The van der Waals surface area contributed by atoms with Crippen LogP contribution in [0, 0.1) is 0 Å². The first-order chi connectivity index (χ1) is 17.7. The highest BCUT2D eigenvalue weighted by atomic mass is 16.5. The van der Waals surface area contributed by atoms with Gasteiger partial charge in [0.25, 0.3) is 0 Å². The predicted octanol–water partition coefficient (Wildman–Crippen LogP) is 5.43. The maximum atomic E-state index is 13.1. The van der Waals surface area contributed by atoms with Crippen LogP contribution in [0.5, 0.6) is 11.5 Å². The van der Waals surface area contributed by atoms with Crippen molar-refractivity contribution in [3.05, 3.63) is 90.0 Å². The molecular formula is C30H35NO5. The maximum absolute atomic E-state index is 13.1. The number of ketones is 1. The summed E-state index contributed by atoms with van der Waals surface area (Å²) in [7, 11) is 3.32. The van der Waals surface area contributed by atoms with Crippen molar-refractivity contribution in [2.75, 3.05) is 32.3 Å². The van der Waals surface area contributed by atoms with Gasteiger partial charge in [0.05, 0.1) is 45.3 Å². The van der Waals surface area contributed by atoms with Crippen LogP contribution < -0.4 is 14.4 Å². The van der Waals surface area contributed by atoms with Gasteiger partial charge >= 0.3 is 0 Å². The number of carbonyl (C=O) groups excluding carboxylic acids is 1. The van der Waals surface area contributed by atoms with E-state index in [0.717, 1.165) is 47.7 Å². The SMILES string of the molecule is COc1ccc(COCC(=O)C[C@H]2[C@H](OCc3ccccc3)CCCN2c2ccccc2OC)cc1.